The number of hydrogen-bond acceptors (Lipinski definition) is 6. The van der Waals surface area contributed by atoms with E-state index in [4.69, 9.17) is 21.1 Å². The molecule has 0 aliphatic heterocycles. The second-order valence-electron chi connectivity index (χ2n) is 8.28. The van der Waals surface area contributed by atoms with E-state index in [1.807, 2.05) is 30.3 Å². The Morgan fingerprint density at radius 1 is 0.949 bits per heavy atom. The highest BCUT2D eigenvalue weighted by Crippen LogP contribution is 2.34. The van der Waals surface area contributed by atoms with Gasteiger partial charge in [-0.2, -0.15) is 5.10 Å². The smallest absolute Gasteiger partial charge is 0.264 e. The molecule has 4 rings (SSSR count). The lowest BCUT2D eigenvalue weighted by molar-refractivity contribution is -0.119. The molecular formula is C29H26ClN3O5S. The minimum atomic E-state index is -4.14. The molecule has 200 valence electrons. The van der Waals surface area contributed by atoms with Gasteiger partial charge in [0.25, 0.3) is 15.9 Å². The molecular weight excluding hydrogens is 538 g/mol. The predicted octanol–water partition coefficient (Wildman–Crippen LogP) is 5.27. The first-order valence-corrected chi connectivity index (χ1v) is 13.7. The number of sulfonamides is 1. The van der Waals surface area contributed by atoms with Crippen molar-refractivity contribution >= 4 is 39.4 Å². The van der Waals surface area contributed by atoms with Crippen LogP contribution in [0.1, 0.15) is 11.1 Å². The van der Waals surface area contributed by atoms with Gasteiger partial charge in [-0.05, 0) is 65.7 Å². The number of methoxy groups -OCH3 is 1. The van der Waals surface area contributed by atoms with E-state index in [9.17, 15) is 13.2 Å². The number of hydrogen-bond donors (Lipinski definition) is 1. The Kier molecular flexibility index (Phi) is 9.19. The van der Waals surface area contributed by atoms with Crippen molar-refractivity contribution in [1.29, 1.82) is 0 Å². The van der Waals surface area contributed by atoms with Gasteiger partial charge < -0.3 is 9.47 Å². The van der Waals surface area contributed by atoms with Crippen LogP contribution >= 0.6 is 11.6 Å². The zero-order valence-corrected chi connectivity index (χ0v) is 22.6. The van der Waals surface area contributed by atoms with Crippen molar-refractivity contribution in [2.45, 2.75) is 11.5 Å². The number of hydrazone groups is 1. The number of ether oxygens (including phenoxy) is 2. The zero-order chi connectivity index (χ0) is 27.7. The number of carbonyl (C=O) groups excluding carboxylic acids is 1. The summed E-state index contributed by atoms with van der Waals surface area (Å²) in [7, 11) is -2.73. The minimum absolute atomic E-state index is 0.0119. The average Bonchev–Trinajstić information content (AvgIpc) is 2.96. The summed E-state index contributed by atoms with van der Waals surface area (Å²) in [5.41, 5.74) is 4.29. The lowest BCUT2D eigenvalue weighted by Crippen LogP contribution is -2.39. The Labute approximate surface area is 232 Å². The Morgan fingerprint density at radius 2 is 1.62 bits per heavy atom. The molecule has 0 unspecified atom stereocenters. The number of benzene rings is 4. The van der Waals surface area contributed by atoms with Crippen molar-refractivity contribution in [3.63, 3.8) is 0 Å². The molecule has 4 aromatic carbocycles. The van der Waals surface area contributed by atoms with Crippen LogP contribution < -0.4 is 19.2 Å². The number of halogens is 1. The highest BCUT2D eigenvalue weighted by Gasteiger charge is 2.29. The Balaban J connectivity index is 1.45. The van der Waals surface area contributed by atoms with Gasteiger partial charge in [0, 0.05) is 5.02 Å². The zero-order valence-electron chi connectivity index (χ0n) is 21.0. The summed E-state index contributed by atoms with van der Waals surface area (Å²) in [6.45, 7) is -0.109. The Hall–Kier alpha value is -4.34. The summed E-state index contributed by atoms with van der Waals surface area (Å²) in [4.78, 5) is 12.8. The number of nitrogens with zero attached hydrogens (tertiary/aromatic N) is 2. The lowest BCUT2D eigenvalue weighted by atomic mass is 10.2. The van der Waals surface area contributed by atoms with Crippen LogP contribution in [0.3, 0.4) is 0 Å². The SMILES string of the molecule is COc1ccc(Cl)cc1N(CC(=O)N/N=C\c1ccc(OCc2ccccc2)cc1)S(=O)(=O)c1ccccc1. The van der Waals surface area contributed by atoms with Gasteiger partial charge in [-0.15, -0.1) is 0 Å². The van der Waals surface area contributed by atoms with Crippen molar-refractivity contribution in [3.05, 3.63) is 119 Å². The first kappa shape index (κ1) is 27.7. The topological polar surface area (TPSA) is 97.3 Å². The van der Waals surface area contributed by atoms with Crippen molar-refractivity contribution in [2.75, 3.05) is 18.0 Å². The summed E-state index contributed by atoms with van der Waals surface area (Å²) in [5, 5.41) is 4.27. The van der Waals surface area contributed by atoms with E-state index in [-0.39, 0.29) is 21.4 Å². The summed E-state index contributed by atoms with van der Waals surface area (Å²) in [6, 6.07) is 29.3. The maximum Gasteiger partial charge on any atom is 0.264 e. The largest absolute Gasteiger partial charge is 0.495 e. The van der Waals surface area contributed by atoms with Gasteiger partial charge in [0.15, 0.2) is 0 Å². The standard InChI is InChI=1S/C29H26ClN3O5S/c1-37-28-17-14-24(30)18-27(28)33(39(35,36)26-10-6-3-7-11-26)20-29(34)32-31-19-22-12-15-25(16-13-22)38-21-23-8-4-2-5-9-23/h2-19H,20-21H2,1H3,(H,32,34)/b31-19-. The molecule has 0 saturated carbocycles. The third-order valence-electron chi connectivity index (χ3n) is 5.56. The summed E-state index contributed by atoms with van der Waals surface area (Å²) >= 11 is 6.15. The maximum absolute atomic E-state index is 13.5. The average molecular weight is 564 g/mol. The molecule has 0 fully saturated rings. The minimum Gasteiger partial charge on any atom is -0.495 e. The summed E-state index contributed by atoms with van der Waals surface area (Å²) in [5.74, 6) is 0.276. The van der Waals surface area contributed by atoms with Gasteiger partial charge in [-0.1, -0.05) is 60.1 Å². The third-order valence-corrected chi connectivity index (χ3v) is 7.57. The molecule has 0 saturated heterocycles. The van der Waals surface area contributed by atoms with Crippen LogP contribution in [0.4, 0.5) is 5.69 Å². The van der Waals surface area contributed by atoms with E-state index in [1.54, 1.807) is 48.5 Å². The van der Waals surface area contributed by atoms with Gasteiger partial charge in [-0.3, -0.25) is 9.10 Å². The van der Waals surface area contributed by atoms with Gasteiger partial charge in [0.1, 0.15) is 24.7 Å². The molecule has 0 aromatic heterocycles. The van der Waals surface area contributed by atoms with Gasteiger partial charge in [-0.25, -0.2) is 13.8 Å². The van der Waals surface area contributed by atoms with Crippen LogP contribution in [-0.2, 0) is 21.4 Å². The lowest BCUT2D eigenvalue weighted by Gasteiger charge is -2.25. The molecule has 0 heterocycles. The first-order chi connectivity index (χ1) is 18.9. The molecule has 4 aromatic rings. The second kappa shape index (κ2) is 12.9. The van der Waals surface area contributed by atoms with Crippen LogP contribution in [0, 0.1) is 0 Å². The summed E-state index contributed by atoms with van der Waals surface area (Å²) < 4.78 is 39.1. The van der Waals surface area contributed by atoms with Gasteiger partial charge in [0.05, 0.1) is 23.9 Å². The highest BCUT2D eigenvalue weighted by molar-refractivity contribution is 7.92. The quantitative estimate of drug-likeness (QED) is 0.198. The molecule has 1 N–H and O–H groups in total. The fraction of sp³-hybridized carbons (Fsp3) is 0.103. The van der Waals surface area contributed by atoms with E-state index in [1.165, 1.54) is 37.6 Å². The molecule has 0 spiro atoms. The number of amides is 1. The molecule has 8 nitrogen and oxygen atoms in total. The monoisotopic (exact) mass is 563 g/mol. The Morgan fingerprint density at radius 3 is 2.28 bits per heavy atom. The fourth-order valence-corrected chi connectivity index (χ4v) is 5.22. The third kappa shape index (κ3) is 7.37. The van der Waals surface area contributed by atoms with Gasteiger partial charge in [0.2, 0.25) is 0 Å². The van der Waals surface area contributed by atoms with Crippen LogP contribution in [-0.4, -0.2) is 34.2 Å². The molecule has 0 bridgehead atoms. The second-order valence-corrected chi connectivity index (χ2v) is 10.6. The molecule has 10 heteroatoms. The fourth-order valence-electron chi connectivity index (χ4n) is 3.61. The van der Waals surface area contributed by atoms with Crippen molar-refractivity contribution < 1.29 is 22.7 Å². The number of nitrogens with one attached hydrogen (secondary N) is 1. The predicted molar refractivity (Wildman–Crippen MR) is 152 cm³/mol. The first-order valence-electron chi connectivity index (χ1n) is 11.9. The Bertz CT molecular complexity index is 1530. The van der Waals surface area contributed by atoms with E-state index >= 15 is 0 Å². The van der Waals surface area contributed by atoms with Crippen molar-refractivity contribution in [3.8, 4) is 11.5 Å². The molecule has 0 atom stereocenters. The van der Waals surface area contributed by atoms with Crippen LogP contribution in [0.2, 0.25) is 5.02 Å². The molecule has 0 aliphatic carbocycles. The van der Waals surface area contributed by atoms with Gasteiger partial charge >= 0.3 is 0 Å². The van der Waals surface area contributed by atoms with E-state index < -0.39 is 22.5 Å². The normalized spacial score (nSPS) is 11.2. The van der Waals surface area contributed by atoms with Crippen molar-refractivity contribution in [2.24, 2.45) is 5.10 Å². The molecule has 39 heavy (non-hydrogen) atoms. The molecule has 1 amide bonds. The van der Waals surface area contributed by atoms with Crippen molar-refractivity contribution in [1.82, 2.24) is 5.43 Å². The van der Waals surface area contributed by atoms with E-state index in [2.05, 4.69) is 10.5 Å². The van der Waals surface area contributed by atoms with Crippen LogP contribution in [0.5, 0.6) is 11.5 Å². The molecule has 0 radical (unpaired) electrons. The number of carbonyl (C=O) groups is 1. The number of rotatable bonds is 11. The van der Waals surface area contributed by atoms with E-state index in [0.717, 1.165) is 9.87 Å². The highest BCUT2D eigenvalue weighted by atomic mass is 35.5. The molecule has 0 aliphatic rings. The number of anilines is 1. The van der Waals surface area contributed by atoms with Crippen LogP contribution in [0.25, 0.3) is 0 Å². The van der Waals surface area contributed by atoms with E-state index in [0.29, 0.717) is 17.9 Å². The van der Waals surface area contributed by atoms with Crippen LogP contribution in [0.15, 0.2) is 113 Å². The summed E-state index contributed by atoms with van der Waals surface area (Å²) in [6.07, 6.45) is 1.45. The maximum atomic E-state index is 13.5.